The van der Waals surface area contributed by atoms with E-state index in [0.717, 1.165) is 0 Å². The third-order valence-corrected chi connectivity index (χ3v) is 7.34. The maximum atomic E-state index is 2.32. The minimum atomic E-state index is 0. The quantitative estimate of drug-likeness (QED) is 0.297. The molecule has 34 heavy (non-hydrogen) atoms. The van der Waals surface area contributed by atoms with Crippen molar-refractivity contribution >= 4 is 24.8 Å². The predicted molar refractivity (Wildman–Crippen MR) is 134 cm³/mol. The molecule has 0 saturated heterocycles. The summed E-state index contributed by atoms with van der Waals surface area (Å²) in [5, 5.41) is 5.46. The van der Waals surface area contributed by atoms with Crippen LogP contribution in [0, 0.1) is 0 Å². The summed E-state index contributed by atoms with van der Waals surface area (Å²) in [4.78, 5) is 0. The Morgan fingerprint density at radius 2 is 1.12 bits per heavy atom. The summed E-state index contributed by atoms with van der Waals surface area (Å²) in [6.07, 6.45) is 8.77. The molecule has 0 unspecified atom stereocenters. The van der Waals surface area contributed by atoms with E-state index in [1.807, 2.05) is 0 Å². The van der Waals surface area contributed by atoms with Gasteiger partial charge in [0.2, 0.25) is 0 Å². The Morgan fingerprint density at radius 3 is 1.74 bits per heavy atom. The molecule has 0 heterocycles. The summed E-state index contributed by atoms with van der Waals surface area (Å²) in [6.45, 7) is 0. The van der Waals surface area contributed by atoms with Gasteiger partial charge in [0, 0.05) is 0 Å². The molecular weight excluding hydrogens is 534 g/mol. The summed E-state index contributed by atoms with van der Waals surface area (Å²) >= 11 is 1.46. The number of hydrogen-bond donors (Lipinski definition) is 0. The molecule has 0 spiro atoms. The van der Waals surface area contributed by atoms with E-state index in [2.05, 4.69) is 133 Å². The van der Waals surface area contributed by atoms with Gasteiger partial charge in [0.05, 0.1) is 0 Å². The van der Waals surface area contributed by atoms with Crippen molar-refractivity contribution in [2.24, 2.45) is 0 Å². The molecule has 1 aliphatic carbocycles. The van der Waals surface area contributed by atoms with Crippen LogP contribution in [0.25, 0.3) is 21.5 Å². The van der Waals surface area contributed by atoms with Crippen LogP contribution in [0.5, 0.6) is 0 Å². The van der Waals surface area contributed by atoms with Gasteiger partial charge in [-0.05, 0) is 5.92 Å². The Kier molecular flexibility index (Phi) is 9.48. The molecule has 0 aliphatic heterocycles. The van der Waals surface area contributed by atoms with E-state index in [1.165, 1.54) is 65.7 Å². The standard InChI is InChI=1S/C18H13.C13H10.2ClH.Zr/c1-2-7-13(6-1)15-10-5-11-17-16-9-4-3-8-14(16)12-18(15)17;1-3-7-12(8-4-1)11-13-9-5-2-6-10-13;;;/h1-13H;1-10H;2*1H;/q-1;;;;+2/p-2. The summed E-state index contributed by atoms with van der Waals surface area (Å²) in [5.41, 5.74) is 4.07. The third kappa shape index (κ3) is 5.61. The summed E-state index contributed by atoms with van der Waals surface area (Å²) in [5.74, 6) is 0.436. The van der Waals surface area contributed by atoms with E-state index >= 15 is 0 Å². The molecule has 0 radical (unpaired) electrons. The first-order valence-corrected chi connectivity index (χ1v) is 12.2. The fraction of sp³-hybridized carbons (Fsp3) is 0.0323. The molecule has 5 aromatic carbocycles. The second-order valence-corrected chi connectivity index (χ2v) is 9.17. The van der Waals surface area contributed by atoms with Crippen LogP contribution in [0.1, 0.15) is 22.6 Å². The molecule has 6 rings (SSSR count). The SMILES string of the molecule is C1=CC(c2cccc3c2[cH-]c2ccccc23)C=C1.[Cl-].[Cl-].[Zr+2]=[C](c1ccccc1)c1ccccc1. The summed E-state index contributed by atoms with van der Waals surface area (Å²) < 4.78 is 1.42. The van der Waals surface area contributed by atoms with Crippen LogP contribution in [-0.2, 0) is 24.2 Å². The molecule has 0 atom stereocenters. The van der Waals surface area contributed by atoms with Gasteiger partial charge in [-0.15, -0.1) is 33.7 Å². The van der Waals surface area contributed by atoms with Gasteiger partial charge in [-0.3, -0.25) is 0 Å². The van der Waals surface area contributed by atoms with E-state index in [0.29, 0.717) is 5.92 Å². The van der Waals surface area contributed by atoms with Gasteiger partial charge in [0.15, 0.2) is 0 Å². The van der Waals surface area contributed by atoms with Gasteiger partial charge in [-0.2, -0.15) is 0 Å². The van der Waals surface area contributed by atoms with Crippen LogP contribution in [0.4, 0.5) is 0 Å². The number of hydrogen-bond acceptors (Lipinski definition) is 0. The van der Waals surface area contributed by atoms with Crippen molar-refractivity contribution < 1.29 is 49.0 Å². The van der Waals surface area contributed by atoms with Crippen LogP contribution < -0.4 is 24.8 Å². The molecule has 3 heteroatoms. The molecule has 0 fully saturated rings. The van der Waals surface area contributed by atoms with Crippen LogP contribution in [0.2, 0.25) is 0 Å². The van der Waals surface area contributed by atoms with Crippen LogP contribution in [-0.4, -0.2) is 3.21 Å². The van der Waals surface area contributed by atoms with Gasteiger partial charge >= 0.3 is 99.2 Å². The molecule has 0 aromatic heterocycles. The minimum absolute atomic E-state index is 0. The van der Waals surface area contributed by atoms with Crippen LogP contribution >= 0.6 is 0 Å². The van der Waals surface area contributed by atoms with Crippen LogP contribution in [0.3, 0.4) is 0 Å². The van der Waals surface area contributed by atoms with Gasteiger partial charge in [-0.1, -0.05) is 66.3 Å². The molecule has 1 aliphatic rings. The second kappa shape index (κ2) is 12.3. The zero-order chi connectivity index (χ0) is 21.8. The Hall–Kier alpha value is -2.44. The molecule has 0 bridgehead atoms. The zero-order valence-corrected chi connectivity index (χ0v) is 22.5. The first-order chi connectivity index (χ1) is 15.8. The average Bonchev–Trinajstić information content (AvgIpc) is 3.53. The number of rotatable bonds is 3. The number of benzene rings is 4. The van der Waals surface area contributed by atoms with E-state index in [-0.39, 0.29) is 24.8 Å². The van der Waals surface area contributed by atoms with Crippen molar-refractivity contribution in [2.45, 2.75) is 5.92 Å². The van der Waals surface area contributed by atoms with Crippen molar-refractivity contribution in [1.29, 1.82) is 0 Å². The average molecular weight is 558 g/mol. The zero-order valence-electron chi connectivity index (χ0n) is 18.5. The Balaban J connectivity index is 0.000000186. The van der Waals surface area contributed by atoms with Crippen molar-refractivity contribution in [2.75, 3.05) is 0 Å². The van der Waals surface area contributed by atoms with Crippen molar-refractivity contribution in [3.8, 4) is 0 Å². The summed E-state index contributed by atoms with van der Waals surface area (Å²) in [7, 11) is 0. The van der Waals surface area contributed by atoms with Gasteiger partial charge in [-0.25, -0.2) is 0 Å². The first-order valence-electron chi connectivity index (χ1n) is 10.9. The monoisotopic (exact) mass is 555 g/mol. The van der Waals surface area contributed by atoms with Gasteiger partial charge in [0.1, 0.15) is 0 Å². The van der Waals surface area contributed by atoms with Crippen LogP contribution in [0.15, 0.2) is 133 Å². The third-order valence-electron chi connectivity index (χ3n) is 5.92. The van der Waals surface area contributed by atoms with E-state index in [1.54, 1.807) is 0 Å². The molecular formula is C31H23Cl2Zr-. The fourth-order valence-corrected chi connectivity index (χ4v) is 5.13. The van der Waals surface area contributed by atoms with Gasteiger partial charge in [0.25, 0.3) is 0 Å². The predicted octanol–water partition coefficient (Wildman–Crippen LogP) is 1.73. The molecule has 0 nitrogen and oxygen atoms in total. The molecule has 0 N–H and O–H groups in total. The van der Waals surface area contributed by atoms with Crippen molar-refractivity contribution in [3.05, 3.63) is 150 Å². The van der Waals surface area contributed by atoms with E-state index in [4.69, 9.17) is 0 Å². The normalized spacial score (nSPS) is 12.1. The number of halogens is 2. The summed E-state index contributed by atoms with van der Waals surface area (Å²) in [6, 6.07) is 38.7. The maximum absolute atomic E-state index is 2.32. The first kappa shape index (κ1) is 26.2. The number of fused-ring (bicyclic) bond motifs is 3. The second-order valence-electron chi connectivity index (χ2n) is 7.94. The van der Waals surface area contributed by atoms with E-state index < -0.39 is 0 Å². The Bertz CT molecular complexity index is 1380. The topological polar surface area (TPSA) is 0 Å². The number of allylic oxidation sites excluding steroid dienone is 4. The molecule has 166 valence electrons. The fourth-order valence-electron chi connectivity index (χ4n) is 4.31. The van der Waals surface area contributed by atoms with E-state index in [9.17, 15) is 0 Å². The molecule has 0 saturated carbocycles. The molecule has 5 aromatic rings. The van der Waals surface area contributed by atoms with Gasteiger partial charge < -0.3 is 24.8 Å². The van der Waals surface area contributed by atoms with Crippen molar-refractivity contribution in [1.82, 2.24) is 0 Å². The Morgan fingerprint density at radius 1 is 0.588 bits per heavy atom. The van der Waals surface area contributed by atoms with Crippen molar-refractivity contribution in [3.63, 3.8) is 0 Å². The Labute approximate surface area is 228 Å². The molecule has 0 amide bonds.